The molecule has 4 N–H and O–H groups in total. The van der Waals surface area contributed by atoms with Crippen LogP contribution >= 0.6 is 0 Å². The van der Waals surface area contributed by atoms with Gasteiger partial charge in [-0.15, -0.1) is 0 Å². The molecule has 0 aliphatic heterocycles. The summed E-state index contributed by atoms with van der Waals surface area (Å²) in [5.41, 5.74) is 5.34. The Morgan fingerprint density at radius 3 is 2.15 bits per heavy atom. The summed E-state index contributed by atoms with van der Waals surface area (Å²) in [5.74, 6) is 0. The van der Waals surface area contributed by atoms with Crippen molar-refractivity contribution in [1.82, 2.24) is 10.6 Å². The van der Waals surface area contributed by atoms with Crippen LogP contribution in [0.5, 0.6) is 0 Å². The summed E-state index contributed by atoms with van der Waals surface area (Å²) in [7, 11) is 0. The summed E-state index contributed by atoms with van der Waals surface area (Å²) in [5, 5.41) is 6.62. The number of hydrogen-bond donors (Lipinski definition) is 3. The Bertz CT molecular complexity index is 76.2. The van der Waals surface area contributed by atoms with E-state index in [9.17, 15) is 0 Å². The van der Waals surface area contributed by atoms with Crippen LogP contribution in [0.15, 0.2) is 0 Å². The van der Waals surface area contributed by atoms with E-state index in [0.717, 1.165) is 39.1 Å². The van der Waals surface area contributed by atoms with Crippen LogP contribution in [-0.4, -0.2) is 32.7 Å². The van der Waals surface area contributed by atoms with Crippen LogP contribution in [0.25, 0.3) is 0 Å². The SMILES string of the molecule is [CH2]CCCCCNCCNCCN. The van der Waals surface area contributed by atoms with Crippen molar-refractivity contribution in [3.63, 3.8) is 0 Å². The van der Waals surface area contributed by atoms with E-state index in [4.69, 9.17) is 5.73 Å². The lowest BCUT2D eigenvalue weighted by Crippen LogP contribution is -2.31. The molecule has 0 aromatic rings. The van der Waals surface area contributed by atoms with Gasteiger partial charge < -0.3 is 16.4 Å². The van der Waals surface area contributed by atoms with E-state index < -0.39 is 0 Å². The molecule has 0 bridgehead atoms. The average molecular weight is 186 g/mol. The van der Waals surface area contributed by atoms with Crippen LogP contribution in [0.4, 0.5) is 0 Å². The third-order valence-corrected chi connectivity index (χ3v) is 1.90. The molecule has 3 heteroatoms. The Morgan fingerprint density at radius 1 is 0.846 bits per heavy atom. The topological polar surface area (TPSA) is 50.1 Å². The van der Waals surface area contributed by atoms with Gasteiger partial charge in [0.2, 0.25) is 0 Å². The van der Waals surface area contributed by atoms with Gasteiger partial charge in [0.15, 0.2) is 0 Å². The minimum Gasteiger partial charge on any atom is -0.329 e. The summed E-state index contributed by atoms with van der Waals surface area (Å²) >= 11 is 0. The normalized spacial score (nSPS) is 10.6. The Morgan fingerprint density at radius 2 is 1.54 bits per heavy atom. The molecule has 0 saturated heterocycles. The van der Waals surface area contributed by atoms with E-state index >= 15 is 0 Å². The maximum absolute atomic E-state index is 5.34. The summed E-state index contributed by atoms with van der Waals surface area (Å²) in [6, 6.07) is 0. The van der Waals surface area contributed by atoms with Crippen molar-refractivity contribution in [2.24, 2.45) is 5.73 Å². The fourth-order valence-corrected chi connectivity index (χ4v) is 1.13. The number of unbranched alkanes of at least 4 members (excludes halogenated alkanes) is 3. The first-order chi connectivity index (χ1) is 6.41. The van der Waals surface area contributed by atoms with Crippen LogP contribution in [0.2, 0.25) is 0 Å². The minimum absolute atomic E-state index is 0.726. The highest BCUT2D eigenvalue weighted by molar-refractivity contribution is 4.53. The second-order valence-corrected chi connectivity index (χ2v) is 3.20. The Kier molecular flexibility index (Phi) is 11.8. The molecule has 13 heavy (non-hydrogen) atoms. The van der Waals surface area contributed by atoms with Crippen molar-refractivity contribution < 1.29 is 0 Å². The van der Waals surface area contributed by atoms with Crippen LogP contribution in [-0.2, 0) is 0 Å². The van der Waals surface area contributed by atoms with E-state index in [1.54, 1.807) is 0 Å². The molecule has 0 spiro atoms. The highest BCUT2D eigenvalue weighted by Crippen LogP contribution is 1.96. The largest absolute Gasteiger partial charge is 0.329 e. The molecule has 0 aliphatic carbocycles. The van der Waals surface area contributed by atoms with E-state index in [2.05, 4.69) is 17.6 Å². The summed E-state index contributed by atoms with van der Waals surface area (Å²) < 4.78 is 0. The third kappa shape index (κ3) is 11.9. The predicted octanol–water partition coefficient (Wildman–Crippen LogP) is 0.519. The average Bonchev–Trinajstić information content (AvgIpc) is 2.16. The summed E-state index contributed by atoms with van der Waals surface area (Å²) in [6.45, 7) is 8.65. The molecule has 0 rings (SSSR count). The summed E-state index contributed by atoms with van der Waals surface area (Å²) in [4.78, 5) is 0. The molecule has 0 saturated carbocycles. The first kappa shape index (κ1) is 12.9. The lowest BCUT2D eigenvalue weighted by molar-refractivity contribution is 0.578. The predicted molar refractivity (Wildman–Crippen MR) is 58.6 cm³/mol. The standard InChI is InChI=1S/C10H24N3/c1-2-3-4-5-7-12-9-10-13-8-6-11/h12-13H,1-11H2. The first-order valence-electron chi connectivity index (χ1n) is 5.32. The monoisotopic (exact) mass is 186 g/mol. The van der Waals surface area contributed by atoms with Crippen LogP contribution < -0.4 is 16.4 Å². The van der Waals surface area contributed by atoms with Crippen LogP contribution in [0.3, 0.4) is 0 Å². The second-order valence-electron chi connectivity index (χ2n) is 3.20. The lowest BCUT2D eigenvalue weighted by atomic mass is 10.2. The van der Waals surface area contributed by atoms with E-state index in [1.165, 1.54) is 19.3 Å². The van der Waals surface area contributed by atoms with Crippen molar-refractivity contribution in [2.45, 2.75) is 25.7 Å². The highest BCUT2D eigenvalue weighted by Gasteiger charge is 1.88. The van der Waals surface area contributed by atoms with Crippen molar-refractivity contribution >= 4 is 0 Å². The number of rotatable bonds is 10. The molecule has 1 radical (unpaired) electrons. The molecule has 0 atom stereocenters. The smallest absolute Gasteiger partial charge is 0.00772 e. The molecule has 0 unspecified atom stereocenters. The molecule has 0 aromatic heterocycles. The first-order valence-corrected chi connectivity index (χ1v) is 5.32. The molecule has 0 heterocycles. The van der Waals surface area contributed by atoms with Gasteiger partial charge in [-0.3, -0.25) is 0 Å². The van der Waals surface area contributed by atoms with Crippen LogP contribution in [0.1, 0.15) is 25.7 Å². The van der Waals surface area contributed by atoms with E-state index in [0.29, 0.717) is 0 Å². The third-order valence-electron chi connectivity index (χ3n) is 1.90. The van der Waals surface area contributed by atoms with Gasteiger partial charge in [0, 0.05) is 26.2 Å². The van der Waals surface area contributed by atoms with Gasteiger partial charge in [-0.1, -0.05) is 26.2 Å². The van der Waals surface area contributed by atoms with Crippen molar-refractivity contribution in [1.29, 1.82) is 0 Å². The van der Waals surface area contributed by atoms with Gasteiger partial charge in [0.1, 0.15) is 0 Å². The Hall–Kier alpha value is -0.120. The fraction of sp³-hybridized carbons (Fsp3) is 0.900. The molecule has 0 aromatic carbocycles. The lowest BCUT2D eigenvalue weighted by Gasteiger charge is -2.05. The molecule has 0 amide bonds. The second kappa shape index (κ2) is 11.9. The van der Waals surface area contributed by atoms with Crippen molar-refractivity contribution in [2.75, 3.05) is 32.7 Å². The van der Waals surface area contributed by atoms with Gasteiger partial charge >= 0.3 is 0 Å². The molecular weight excluding hydrogens is 162 g/mol. The summed E-state index contributed by atoms with van der Waals surface area (Å²) in [6.07, 6.45) is 4.89. The minimum atomic E-state index is 0.726. The van der Waals surface area contributed by atoms with Gasteiger partial charge in [-0.05, 0) is 13.0 Å². The Balaban J connectivity index is 2.76. The fourth-order valence-electron chi connectivity index (χ4n) is 1.13. The number of nitrogens with one attached hydrogen (secondary N) is 2. The zero-order chi connectivity index (χ0) is 9.78. The maximum atomic E-state index is 5.34. The van der Waals surface area contributed by atoms with Gasteiger partial charge in [0.05, 0.1) is 0 Å². The van der Waals surface area contributed by atoms with Crippen molar-refractivity contribution in [3.05, 3.63) is 6.92 Å². The molecule has 79 valence electrons. The number of nitrogens with two attached hydrogens (primary N) is 1. The molecule has 0 fully saturated rings. The molecule has 0 aliphatic rings. The van der Waals surface area contributed by atoms with Gasteiger partial charge in [-0.25, -0.2) is 0 Å². The Labute approximate surface area is 82.5 Å². The maximum Gasteiger partial charge on any atom is 0.00772 e. The molecule has 3 nitrogen and oxygen atoms in total. The highest BCUT2D eigenvalue weighted by atomic mass is 14.9. The van der Waals surface area contributed by atoms with Crippen molar-refractivity contribution in [3.8, 4) is 0 Å². The zero-order valence-corrected chi connectivity index (χ0v) is 8.65. The van der Waals surface area contributed by atoms with Crippen LogP contribution in [0, 0.1) is 6.92 Å². The number of hydrogen-bond acceptors (Lipinski definition) is 3. The van der Waals surface area contributed by atoms with Gasteiger partial charge in [-0.2, -0.15) is 0 Å². The van der Waals surface area contributed by atoms with E-state index in [1.807, 2.05) is 0 Å². The van der Waals surface area contributed by atoms with Gasteiger partial charge in [0.25, 0.3) is 0 Å². The zero-order valence-electron chi connectivity index (χ0n) is 8.65. The quantitative estimate of drug-likeness (QED) is 0.436. The van der Waals surface area contributed by atoms with E-state index in [-0.39, 0.29) is 0 Å². The molecular formula is C10H24N3.